The molecule has 0 bridgehead atoms. The average molecular weight is 543 g/mol. The number of imidazole rings is 1. The summed E-state index contributed by atoms with van der Waals surface area (Å²) in [4.78, 5) is 33.3. The van der Waals surface area contributed by atoms with Crippen LogP contribution in [0.15, 0.2) is 65.6 Å². The number of hydrogen-bond acceptors (Lipinski definition) is 6. The van der Waals surface area contributed by atoms with E-state index in [0.717, 1.165) is 42.3 Å². The fraction of sp³-hybridized carbons (Fsp3) is 0.300. The summed E-state index contributed by atoms with van der Waals surface area (Å²) in [6.45, 7) is 0.0856. The Hall–Kier alpha value is -4.57. The van der Waals surface area contributed by atoms with Gasteiger partial charge in [-0.2, -0.15) is 0 Å². The van der Waals surface area contributed by atoms with Crippen LogP contribution in [0.25, 0.3) is 33.3 Å². The molecule has 0 unspecified atom stereocenters. The molecule has 1 aliphatic rings. The van der Waals surface area contributed by atoms with Gasteiger partial charge in [-0.25, -0.2) is 9.78 Å². The third kappa shape index (κ3) is 4.71. The first-order valence-electron chi connectivity index (χ1n) is 13.4. The molecule has 10 nitrogen and oxygen atoms in total. The minimum atomic E-state index is -1.18. The molecular weight excluding hydrogens is 512 g/mol. The van der Waals surface area contributed by atoms with Crippen molar-refractivity contribution in [2.75, 3.05) is 6.61 Å². The number of carboxylic acid groups (broad SMARTS) is 1. The van der Waals surface area contributed by atoms with Gasteiger partial charge in [0, 0.05) is 47.7 Å². The van der Waals surface area contributed by atoms with Crippen LogP contribution in [0.4, 0.5) is 0 Å². The quantitative estimate of drug-likeness (QED) is 0.192. The van der Waals surface area contributed by atoms with Gasteiger partial charge in [0.1, 0.15) is 23.9 Å². The average Bonchev–Trinajstić information content (AvgIpc) is 3.71. The molecule has 1 aliphatic carbocycles. The van der Waals surface area contributed by atoms with Gasteiger partial charge in [0.2, 0.25) is 0 Å². The maximum atomic E-state index is 13.3. The van der Waals surface area contributed by atoms with Crippen molar-refractivity contribution in [3.8, 4) is 17.1 Å². The van der Waals surface area contributed by atoms with E-state index in [9.17, 15) is 24.9 Å². The number of nitrogens with one attached hydrogen (secondary N) is 2. The number of amides is 1. The van der Waals surface area contributed by atoms with Crippen LogP contribution in [-0.4, -0.2) is 54.4 Å². The minimum Gasteiger partial charge on any atom is -0.508 e. The minimum absolute atomic E-state index is 0.0380. The maximum Gasteiger partial charge on any atom is 0.326 e. The zero-order valence-electron chi connectivity index (χ0n) is 21.7. The molecule has 2 aromatic carbocycles. The van der Waals surface area contributed by atoms with Crippen LogP contribution < -0.4 is 5.32 Å². The van der Waals surface area contributed by atoms with E-state index in [1.807, 2.05) is 12.1 Å². The van der Waals surface area contributed by atoms with Crippen molar-refractivity contribution in [1.82, 2.24) is 19.9 Å². The van der Waals surface area contributed by atoms with Crippen molar-refractivity contribution in [2.24, 2.45) is 5.92 Å². The van der Waals surface area contributed by atoms with Crippen molar-refractivity contribution in [2.45, 2.75) is 44.2 Å². The predicted molar refractivity (Wildman–Crippen MR) is 148 cm³/mol. The van der Waals surface area contributed by atoms with Gasteiger partial charge >= 0.3 is 5.97 Å². The lowest BCUT2D eigenvalue weighted by molar-refractivity contribution is -0.139. The second-order valence-corrected chi connectivity index (χ2v) is 10.4. The molecule has 5 aromatic rings. The number of aromatic nitrogens is 3. The molecule has 5 N–H and O–H groups in total. The molecule has 3 atom stereocenters. The number of aliphatic hydroxyl groups is 1. The normalized spacial score (nSPS) is 18.2. The van der Waals surface area contributed by atoms with Crippen LogP contribution in [0, 0.1) is 5.92 Å². The number of phenolic OH excluding ortho intramolecular Hbond substituents is 1. The highest BCUT2D eigenvalue weighted by molar-refractivity contribution is 6.00. The van der Waals surface area contributed by atoms with E-state index in [-0.39, 0.29) is 30.7 Å². The largest absolute Gasteiger partial charge is 0.508 e. The lowest BCUT2D eigenvalue weighted by Crippen LogP contribution is -2.42. The monoisotopic (exact) mass is 542 g/mol. The summed E-state index contributed by atoms with van der Waals surface area (Å²) in [5, 5.41) is 33.2. The standard InChI is InChI=1S/C30H30N4O6/c35-15-18-3-1-2-4-26(18)34-27-8-5-17(11-24(27)32-28(34)19-9-10-40-16-19)29(37)33-25(30(38)39)12-20-14-31-23-7-6-21(36)13-22(20)23/h5-11,13-14,16,18,25-26,31,35-36H,1-4,12,15H2,(H,33,37)(H,38,39)/t18-,25-,26+/m0/s1. The fourth-order valence-electron chi connectivity index (χ4n) is 5.91. The molecule has 1 fully saturated rings. The molecule has 6 rings (SSSR count). The van der Waals surface area contributed by atoms with Gasteiger partial charge in [-0.1, -0.05) is 12.8 Å². The van der Waals surface area contributed by atoms with Gasteiger partial charge in [0.05, 0.1) is 22.9 Å². The molecule has 0 saturated heterocycles. The molecule has 10 heteroatoms. The number of carbonyl (C=O) groups is 2. The van der Waals surface area contributed by atoms with Gasteiger partial charge in [-0.3, -0.25) is 4.79 Å². The number of benzene rings is 2. The van der Waals surface area contributed by atoms with E-state index in [4.69, 9.17) is 9.40 Å². The number of H-pyrrole nitrogens is 1. The van der Waals surface area contributed by atoms with Crippen molar-refractivity contribution in [3.05, 3.63) is 72.3 Å². The van der Waals surface area contributed by atoms with Crippen molar-refractivity contribution in [3.63, 3.8) is 0 Å². The predicted octanol–water partition coefficient (Wildman–Crippen LogP) is 4.63. The van der Waals surface area contributed by atoms with Crippen molar-refractivity contribution < 1.29 is 29.3 Å². The molecule has 0 radical (unpaired) electrons. The molecule has 3 heterocycles. The zero-order valence-corrected chi connectivity index (χ0v) is 21.7. The molecule has 206 valence electrons. The number of furan rings is 1. The summed E-state index contributed by atoms with van der Waals surface area (Å²) in [5.41, 5.74) is 3.97. The molecule has 1 saturated carbocycles. The molecule has 1 amide bonds. The first-order chi connectivity index (χ1) is 19.4. The van der Waals surface area contributed by atoms with Gasteiger partial charge in [-0.15, -0.1) is 0 Å². The Bertz CT molecular complexity index is 1690. The summed E-state index contributed by atoms with van der Waals surface area (Å²) in [7, 11) is 0. The topological polar surface area (TPSA) is 154 Å². The van der Waals surface area contributed by atoms with Gasteiger partial charge in [-0.05, 0) is 60.9 Å². The zero-order chi connectivity index (χ0) is 27.8. The number of aliphatic carboxylic acids is 1. The van der Waals surface area contributed by atoms with Crippen LogP contribution in [0.5, 0.6) is 5.75 Å². The Morgan fingerprint density at radius 3 is 2.77 bits per heavy atom. The van der Waals surface area contributed by atoms with E-state index in [2.05, 4.69) is 14.9 Å². The number of aromatic hydroxyl groups is 1. The first kappa shape index (κ1) is 25.7. The number of aliphatic hydroxyl groups excluding tert-OH is 1. The molecule has 40 heavy (non-hydrogen) atoms. The highest BCUT2D eigenvalue weighted by Crippen LogP contribution is 2.39. The maximum absolute atomic E-state index is 13.3. The summed E-state index contributed by atoms with van der Waals surface area (Å²) in [6, 6.07) is 10.7. The smallest absolute Gasteiger partial charge is 0.326 e. The summed E-state index contributed by atoms with van der Waals surface area (Å²) < 4.78 is 7.47. The number of carboxylic acids is 1. The van der Waals surface area contributed by atoms with Crippen LogP contribution in [-0.2, 0) is 11.2 Å². The number of nitrogens with zero attached hydrogens (tertiary/aromatic N) is 2. The van der Waals surface area contributed by atoms with Crippen LogP contribution in [0.1, 0.15) is 47.6 Å². The number of hydrogen-bond donors (Lipinski definition) is 5. The van der Waals surface area contributed by atoms with E-state index in [0.29, 0.717) is 27.9 Å². The van der Waals surface area contributed by atoms with Crippen LogP contribution in [0.2, 0.25) is 0 Å². The highest BCUT2D eigenvalue weighted by Gasteiger charge is 2.30. The number of carbonyl (C=O) groups excluding carboxylic acids is 1. The third-order valence-corrected chi connectivity index (χ3v) is 7.94. The highest BCUT2D eigenvalue weighted by atomic mass is 16.4. The number of phenols is 1. The summed E-state index contributed by atoms with van der Waals surface area (Å²) >= 11 is 0. The lowest BCUT2D eigenvalue weighted by Gasteiger charge is -2.32. The number of fused-ring (bicyclic) bond motifs is 2. The molecule has 0 spiro atoms. The van der Waals surface area contributed by atoms with E-state index >= 15 is 0 Å². The second-order valence-electron chi connectivity index (χ2n) is 10.4. The van der Waals surface area contributed by atoms with E-state index in [1.165, 1.54) is 0 Å². The van der Waals surface area contributed by atoms with Crippen LogP contribution in [0.3, 0.4) is 0 Å². The van der Waals surface area contributed by atoms with Crippen molar-refractivity contribution >= 4 is 33.8 Å². The van der Waals surface area contributed by atoms with Gasteiger partial charge in [0.15, 0.2) is 0 Å². The second kappa shape index (κ2) is 10.5. The first-order valence-corrected chi connectivity index (χ1v) is 13.4. The Labute approximate surface area is 229 Å². The van der Waals surface area contributed by atoms with E-state index in [1.54, 1.807) is 49.1 Å². The SMILES string of the molecule is O=C(N[C@@H](Cc1c[nH]c2ccc(O)cc12)C(=O)O)c1ccc2c(c1)nc(-c1ccoc1)n2[C@@H]1CCCC[C@H]1CO. The van der Waals surface area contributed by atoms with Crippen molar-refractivity contribution in [1.29, 1.82) is 0 Å². The Kier molecular flexibility index (Phi) is 6.77. The summed E-state index contributed by atoms with van der Waals surface area (Å²) in [6.07, 6.45) is 8.91. The Morgan fingerprint density at radius 2 is 2.00 bits per heavy atom. The molecule has 3 aromatic heterocycles. The van der Waals surface area contributed by atoms with Gasteiger partial charge < -0.3 is 34.6 Å². The Morgan fingerprint density at radius 1 is 1.15 bits per heavy atom. The number of aromatic amines is 1. The Balaban J connectivity index is 1.31. The summed E-state index contributed by atoms with van der Waals surface area (Å²) in [5.74, 6) is -0.810. The third-order valence-electron chi connectivity index (χ3n) is 7.94. The van der Waals surface area contributed by atoms with Gasteiger partial charge in [0.25, 0.3) is 5.91 Å². The van der Waals surface area contributed by atoms with E-state index < -0.39 is 17.9 Å². The number of rotatable bonds is 8. The molecular formula is C30H30N4O6. The fourth-order valence-corrected chi connectivity index (χ4v) is 5.91. The lowest BCUT2D eigenvalue weighted by atomic mass is 9.84. The van der Waals surface area contributed by atoms with Crippen LogP contribution >= 0.6 is 0 Å². The molecule has 0 aliphatic heterocycles.